The fourth-order valence-electron chi connectivity index (χ4n) is 2.31. The van der Waals surface area contributed by atoms with Crippen LogP contribution in [0.25, 0.3) is 0 Å². The molecule has 0 saturated carbocycles. The standard InChI is InChI=1S/C15H20F2N2O2.ClH/c16-14(17)10-21-13-5-1-3-11(7-13)8-19-15(20)12-4-2-6-18-9-12;/h1,3,5,7,12,14,18H,2,4,6,8-10H2,(H,19,20);1H. The van der Waals surface area contributed by atoms with Gasteiger partial charge in [0.2, 0.25) is 5.91 Å². The number of hydrogen-bond acceptors (Lipinski definition) is 3. The zero-order valence-corrected chi connectivity index (χ0v) is 13.0. The molecule has 22 heavy (non-hydrogen) atoms. The lowest BCUT2D eigenvalue weighted by atomic mass is 9.99. The van der Waals surface area contributed by atoms with E-state index < -0.39 is 13.0 Å². The van der Waals surface area contributed by atoms with Crippen LogP contribution in [0.2, 0.25) is 0 Å². The maximum atomic E-state index is 12.1. The van der Waals surface area contributed by atoms with Crippen molar-refractivity contribution < 1.29 is 18.3 Å². The molecule has 0 spiro atoms. The monoisotopic (exact) mass is 334 g/mol. The van der Waals surface area contributed by atoms with Crippen LogP contribution >= 0.6 is 12.4 Å². The summed E-state index contributed by atoms with van der Waals surface area (Å²) >= 11 is 0. The minimum atomic E-state index is -2.49. The molecule has 2 N–H and O–H groups in total. The van der Waals surface area contributed by atoms with Crippen molar-refractivity contribution in [3.8, 4) is 5.75 Å². The molecule has 1 heterocycles. The second-order valence-corrected chi connectivity index (χ2v) is 5.11. The maximum absolute atomic E-state index is 12.1. The highest BCUT2D eigenvalue weighted by atomic mass is 35.5. The van der Waals surface area contributed by atoms with E-state index in [4.69, 9.17) is 4.74 Å². The van der Waals surface area contributed by atoms with E-state index in [9.17, 15) is 13.6 Å². The maximum Gasteiger partial charge on any atom is 0.272 e. The highest BCUT2D eigenvalue weighted by molar-refractivity contribution is 5.85. The molecule has 0 aromatic heterocycles. The summed E-state index contributed by atoms with van der Waals surface area (Å²) in [6, 6.07) is 6.85. The molecule has 1 fully saturated rings. The van der Waals surface area contributed by atoms with E-state index >= 15 is 0 Å². The highest BCUT2D eigenvalue weighted by Crippen LogP contribution is 2.15. The molecular formula is C15H21ClF2N2O2. The van der Waals surface area contributed by atoms with Crippen molar-refractivity contribution in [2.24, 2.45) is 5.92 Å². The van der Waals surface area contributed by atoms with E-state index in [-0.39, 0.29) is 24.2 Å². The Balaban J connectivity index is 0.00000242. The number of amides is 1. The lowest BCUT2D eigenvalue weighted by molar-refractivity contribution is -0.125. The van der Waals surface area contributed by atoms with Gasteiger partial charge in [0.15, 0.2) is 0 Å². The van der Waals surface area contributed by atoms with E-state index in [1.807, 2.05) is 6.07 Å². The first kappa shape index (κ1) is 18.6. The third-order valence-corrected chi connectivity index (χ3v) is 3.41. The van der Waals surface area contributed by atoms with Gasteiger partial charge in [-0.05, 0) is 37.1 Å². The Bertz CT molecular complexity index is 469. The zero-order valence-electron chi connectivity index (χ0n) is 12.2. The molecule has 1 amide bonds. The van der Waals surface area contributed by atoms with E-state index in [0.717, 1.165) is 24.9 Å². The highest BCUT2D eigenvalue weighted by Gasteiger charge is 2.20. The van der Waals surface area contributed by atoms with E-state index in [0.29, 0.717) is 18.8 Å². The molecule has 1 aromatic rings. The summed E-state index contributed by atoms with van der Waals surface area (Å²) in [7, 11) is 0. The number of piperidine rings is 1. The molecule has 0 radical (unpaired) electrons. The van der Waals surface area contributed by atoms with Gasteiger partial charge in [-0.3, -0.25) is 4.79 Å². The Kier molecular flexibility index (Phi) is 8.12. The van der Waals surface area contributed by atoms with Gasteiger partial charge < -0.3 is 15.4 Å². The Morgan fingerprint density at radius 2 is 2.27 bits per heavy atom. The Morgan fingerprint density at radius 1 is 1.45 bits per heavy atom. The van der Waals surface area contributed by atoms with Crippen molar-refractivity contribution in [3.63, 3.8) is 0 Å². The number of hydrogen-bond donors (Lipinski definition) is 2. The minimum Gasteiger partial charge on any atom is -0.488 e. The topological polar surface area (TPSA) is 50.4 Å². The number of carbonyl (C=O) groups excluding carboxylic acids is 1. The predicted molar refractivity (Wildman–Crippen MR) is 82.6 cm³/mol. The number of benzene rings is 1. The van der Waals surface area contributed by atoms with Crippen LogP contribution in [0.1, 0.15) is 18.4 Å². The van der Waals surface area contributed by atoms with Gasteiger partial charge in [-0.2, -0.15) is 0 Å². The van der Waals surface area contributed by atoms with Gasteiger partial charge in [-0.15, -0.1) is 12.4 Å². The van der Waals surface area contributed by atoms with Crippen molar-refractivity contribution in [2.45, 2.75) is 25.8 Å². The van der Waals surface area contributed by atoms with Gasteiger partial charge in [0.05, 0.1) is 5.92 Å². The third-order valence-electron chi connectivity index (χ3n) is 3.41. The lowest BCUT2D eigenvalue weighted by Crippen LogP contribution is -2.40. The first-order chi connectivity index (χ1) is 10.1. The second-order valence-electron chi connectivity index (χ2n) is 5.11. The van der Waals surface area contributed by atoms with E-state index in [2.05, 4.69) is 10.6 Å². The molecule has 0 aliphatic carbocycles. The molecule has 1 unspecified atom stereocenters. The SMILES string of the molecule is Cl.O=C(NCc1cccc(OCC(F)F)c1)C1CCCNC1. The number of halogens is 3. The quantitative estimate of drug-likeness (QED) is 0.839. The first-order valence-electron chi connectivity index (χ1n) is 7.13. The smallest absolute Gasteiger partial charge is 0.272 e. The summed E-state index contributed by atoms with van der Waals surface area (Å²) in [4.78, 5) is 12.0. The molecule has 2 rings (SSSR count). The van der Waals surface area contributed by atoms with Crippen molar-refractivity contribution in [1.82, 2.24) is 10.6 Å². The molecular weight excluding hydrogens is 314 g/mol. The van der Waals surface area contributed by atoms with Gasteiger partial charge >= 0.3 is 0 Å². The lowest BCUT2D eigenvalue weighted by Gasteiger charge is -2.21. The summed E-state index contributed by atoms with van der Waals surface area (Å²) < 4.78 is 29.1. The van der Waals surface area contributed by atoms with Crippen LogP contribution in [0.4, 0.5) is 8.78 Å². The van der Waals surface area contributed by atoms with Crippen molar-refractivity contribution >= 4 is 18.3 Å². The molecule has 1 saturated heterocycles. The summed E-state index contributed by atoms with van der Waals surface area (Å²) in [5.74, 6) is 0.430. The fourth-order valence-corrected chi connectivity index (χ4v) is 2.31. The van der Waals surface area contributed by atoms with Crippen LogP contribution in [-0.2, 0) is 11.3 Å². The first-order valence-corrected chi connectivity index (χ1v) is 7.13. The zero-order chi connectivity index (χ0) is 15.1. The fraction of sp³-hybridized carbons (Fsp3) is 0.533. The van der Waals surface area contributed by atoms with Crippen LogP contribution in [0, 0.1) is 5.92 Å². The van der Waals surface area contributed by atoms with Crippen LogP contribution in [0.3, 0.4) is 0 Å². The normalized spacial score (nSPS) is 17.7. The summed E-state index contributed by atoms with van der Waals surface area (Å²) in [5, 5.41) is 6.08. The average molecular weight is 335 g/mol. The Hall–Kier alpha value is -1.40. The summed E-state index contributed by atoms with van der Waals surface area (Å²) in [5.41, 5.74) is 0.832. The van der Waals surface area contributed by atoms with E-state index in [1.54, 1.807) is 18.2 Å². The molecule has 1 aliphatic heterocycles. The van der Waals surface area contributed by atoms with Crippen LogP contribution in [-0.4, -0.2) is 32.0 Å². The van der Waals surface area contributed by atoms with E-state index in [1.165, 1.54) is 0 Å². The molecule has 124 valence electrons. The number of nitrogens with one attached hydrogen (secondary N) is 2. The molecule has 1 atom stereocenters. The molecule has 1 aromatic carbocycles. The third kappa shape index (κ3) is 6.15. The largest absolute Gasteiger partial charge is 0.488 e. The minimum absolute atomic E-state index is 0. The van der Waals surface area contributed by atoms with Crippen molar-refractivity contribution in [3.05, 3.63) is 29.8 Å². The number of carbonyl (C=O) groups is 1. The number of rotatable bonds is 6. The summed E-state index contributed by atoms with van der Waals surface area (Å²) in [6.45, 7) is 1.43. The predicted octanol–water partition coefficient (Wildman–Crippen LogP) is 2.37. The van der Waals surface area contributed by atoms with Crippen LogP contribution < -0.4 is 15.4 Å². The van der Waals surface area contributed by atoms with Crippen molar-refractivity contribution in [2.75, 3.05) is 19.7 Å². The molecule has 0 bridgehead atoms. The molecule has 1 aliphatic rings. The van der Waals surface area contributed by atoms with Gasteiger partial charge in [0.25, 0.3) is 6.43 Å². The number of alkyl halides is 2. The summed E-state index contributed by atoms with van der Waals surface area (Å²) in [6.07, 6.45) is -0.585. The Labute approximate surface area is 135 Å². The number of ether oxygens (including phenoxy) is 1. The molecule has 7 heteroatoms. The van der Waals surface area contributed by atoms with Crippen molar-refractivity contribution in [1.29, 1.82) is 0 Å². The molecule has 4 nitrogen and oxygen atoms in total. The van der Waals surface area contributed by atoms with Crippen LogP contribution in [0.5, 0.6) is 5.75 Å². The van der Waals surface area contributed by atoms with Gasteiger partial charge in [-0.25, -0.2) is 8.78 Å². The van der Waals surface area contributed by atoms with Crippen LogP contribution in [0.15, 0.2) is 24.3 Å². The van der Waals surface area contributed by atoms with Gasteiger partial charge in [-0.1, -0.05) is 12.1 Å². The second kappa shape index (κ2) is 9.58. The Morgan fingerprint density at radius 3 is 2.95 bits per heavy atom. The van der Waals surface area contributed by atoms with Gasteiger partial charge in [0.1, 0.15) is 12.4 Å². The van der Waals surface area contributed by atoms with Gasteiger partial charge in [0, 0.05) is 13.1 Å². The average Bonchev–Trinajstić information content (AvgIpc) is 2.52.